The summed E-state index contributed by atoms with van der Waals surface area (Å²) in [5.41, 5.74) is 11.9. The van der Waals surface area contributed by atoms with Crippen molar-refractivity contribution >= 4 is 71.4 Å². The van der Waals surface area contributed by atoms with Crippen molar-refractivity contribution in [3.8, 4) is 11.4 Å². The van der Waals surface area contributed by atoms with Gasteiger partial charge in [0.1, 0.15) is 29.3 Å². The Morgan fingerprint density at radius 1 is 0.439 bits per heavy atom. The van der Waals surface area contributed by atoms with Gasteiger partial charge in [0.2, 0.25) is 0 Å². The molecule has 0 saturated heterocycles. The predicted octanol–water partition coefficient (Wildman–Crippen LogP) is 12.1. The molecule has 0 saturated carbocycles. The van der Waals surface area contributed by atoms with E-state index in [0.29, 0.717) is 0 Å². The van der Waals surface area contributed by atoms with Crippen LogP contribution >= 0.6 is 0 Å². The monoisotopic (exact) mass is 733 g/mol. The lowest BCUT2D eigenvalue weighted by Gasteiger charge is -2.32. The average molecular weight is 734 g/mol. The molecule has 0 bridgehead atoms. The van der Waals surface area contributed by atoms with Crippen molar-refractivity contribution in [2.45, 2.75) is 12.3 Å². The zero-order valence-corrected chi connectivity index (χ0v) is 30.8. The minimum atomic E-state index is -0.212. The molecule has 3 aromatic heterocycles. The van der Waals surface area contributed by atoms with Gasteiger partial charge < -0.3 is 18.9 Å². The normalized spacial score (nSPS) is 15.9. The number of nitrogens with zero attached hydrogens (tertiary/aromatic N) is 3. The molecule has 8 aromatic carbocycles. The molecule has 57 heavy (non-hydrogen) atoms. The van der Waals surface area contributed by atoms with E-state index < -0.39 is 0 Å². The molecule has 1 aliphatic heterocycles. The molecular formula is C51H35N5O. The van der Waals surface area contributed by atoms with E-state index in [1.807, 2.05) is 18.2 Å². The predicted molar refractivity (Wildman–Crippen MR) is 234 cm³/mol. The lowest BCUT2D eigenvalue weighted by molar-refractivity contribution is 0.409. The third-order valence-corrected chi connectivity index (χ3v) is 11.6. The lowest BCUT2D eigenvalue weighted by Crippen LogP contribution is -2.45. The first-order chi connectivity index (χ1) is 28.3. The highest BCUT2D eigenvalue weighted by Gasteiger charge is 2.27. The quantitative estimate of drug-likeness (QED) is 0.185. The summed E-state index contributed by atoms with van der Waals surface area (Å²) in [6, 6.07) is 66.6. The molecule has 0 aliphatic carbocycles. The summed E-state index contributed by atoms with van der Waals surface area (Å²) >= 11 is 0. The topological polar surface area (TPSA) is 59.4 Å². The Morgan fingerprint density at radius 3 is 1.84 bits per heavy atom. The summed E-state index contributed by atoms with van der Waals surface area (Å²) < 4.78 is 11.3. The minimum absolute atomic E-state index is 0.186. The van der Waals surface area contributed by atoms with Crippen LogP contribution < -0.4 is 10.6 Å². The van der Waals surface area contributed by atoms with Crippen LogP contribution in [0.1, 0.15) is 29.0 Å². The van der Waals surface area contributed by atoms with E-state index in [2.05, 4.69) is 190 Å². The van der Waals surface area contributed by atoms with Gasteiger partial charge in [-0.05, 0) is 71.8 Å². The molecule has 12 rings (SSSR count). The largest absolute Gasteiger partial charge is 0.456 e. The molecule has 1 aliphatic rings. The lowest BCUT2D eigenvalue weighted by atomic mass is 10.0. The molecule has 0 amide bonds. The van der Waals surface area contributed by atoms with Gasteiger partial charge in [0.15, 0.2) is 0 Å². The summed E-state index contributed by atoms with van der Waals surface area (Å²) in [5, 5.41) is 14.7. The van der Waals surface area contributed by atoms with E-state index in [4.69, 9.17) is 9.41 Å². The van der Waals surface area contributed by atoms with Gasteiger partial charge in [-0.2, -0.15) is 0 Å². The van der Waals surface area contributed by atoms with E-state index >= 15 is 0 Å². The minimum Gasteiger partial charge on any atom is -0.456 e. The van der Waals surface area contributed by atoms with E-state index in [1.165, 1.54) is 21.5 Å². The summed E-state index contributed by atoms with van der Waals surface area (Å²) in [7, 11) is 0. The number of hydrogen-bond donors (Lipinski definition) is 2. The van der Waals surface area contributed by atoms with E-state index in [1.54, 1.807) is 0 Å². The number of aliphatic imine (C=N–C) groups is 1. The first-order valence-electron chi connectivity index (χ1n) is 19.5. The second-order valence-electron chi connectivity index (χ2n) is 14.8. The number of nitrogens with one attached hydrogen (secondary N) is 2. The van der Waals surface area contributed by atoms with Gasteiger partial charge in [-0.15, -0.1) is 0 Å². The van der Waals surface area contributed by atoms with Crippen LogP contribution in [0.25, 0.3) is 76.9 Å². The molecule has 2 N–H and O–H groups in total. The number of amidine groups is 1. The molecule has 2 atom stereocenters. The highest BCUT2D eigenvalue weighted by Crippen LogP contribution is 2.46. The summed E-state index contributed by atoms with van der Waals surface area (Å²) in [6.07, 6.45) is -0.398. The van der Waals surface area contributed by atoms with Crippen LogP contribution in [-0.4, -0.2) is 15.0 Å². The van der Waals surface area contributed by atoms with Gasteiger partial charge in [0, 0.05) is 49.3 Å². The molecular weight excluding hydrogens is 699 g/mol. The second kappa shape index (κ2) is 12.6. The molecule has 4 heterocycles. The Kier molecular flexibility index (Phi) is 7.03. The molecule has 2 unspecified atom stereocenters. The number of aromatic nitrogens is 2. The standard InChI is InChI=1S/C51H35N5O/c1-4-15-32(16-5-1)49-52-50(33-17-6-2-7-18-33)54-51(53-49)34-19-14-22-36(31-34)56-39-25-12-10-23-37(39)45-40(56)27-28-41-47(45)48-42(55(41)35-20-8-3-9-21-35)29-30-44-46(48)38-24-11-13-26-43(38)57-44/h1-31,49,51,53H,(H,52,54). The number of benzene rings is 8. The summed E-state index contributed by atoms with van der Waals surface area (Å²) in [5.74, 6) is 0.866. The Labute approximate surface area is 327 Å². The Bertz CT molecular complexity index is 3360. The van der Waals surface area contributed by atoms with Crippen molar-refractivity contribution < 1.29 is 4.42 Å². The maximum absolute atomic E-state index is 6.51. The molecule has 270 valence electrons. The average Bonchev–Trinajstić information content (AvgIpc) is 3.95. The highest BCUT2D eigenvalue weighted by atomic mass is 16.3. The van der Waals surface area contributed by atoms with Crippen molar-refractivity contribution in [3.05, 3.63) is 205 Å². The fourth-order valence-electron chi connectivity index (χ4n) is 9.12. The van der Waals surface area contributed by atoms with Crippen LogP contribution in [0, 0.1) is 0 Å². The van der Waals surface area contributed by atoms with Gasteiger partial charge in [0.05, 0.1) is 22.1 Å². The van der Waals surface area contributed by atoms with Crippen LogP contribution in [0.15, 0.2) is 197 Å². The number of rotatable bonds is 5. The van der Waals surface area contributed by atoms with E-state index in [-0.39, 0.29) is 12.3 Å². The fourth-order valence-corrected chi connectivity index (χ4v) is 9.12. The third-order valence-electron chi connectivity index (χ3n) is 11.6. The first kappa shape index (κ1) is 31.9. The SMILES string of the molecule is c1ccc(C2=NC(c3ccccc3)NC(c3cccc(-n4c5ccccc5c5c6c7c8c(ccc7n(-c7ccccc7)c6ccc54)oc4ccccc48)c3)N2)cc1. The second-order valence-corrected chi connectivity index (χ2v) is 14.8. The zero-order valence-electron chi connectivity index (χ0n) is 30.8. The van der Waals surface area contributed by atoms with Gasteiger partial charge in [-0.25, -0.2) is 4.99 Å². The Hall–Kier alpha value is -7.41. The molecule has 0 spiro atoms. The molecule has 11 aromatic rings. The van der Waals surface area contributed by atoms with Crippen LogP contribution in [0.3, 0.4) is 0 Å². The van der Waals surface area contributed by atoms with Crippen LogP contribution in [0.4, 0.5) is 0 Å². The van der Waals surface area contributed by atoms with Crippen LogP contribution in [-0.2, 0) is 0 Å². The summed E-state index contributed by atoms with van der Waals surface area (Å²) in [4.78, 5) is 5.15. The van der Waals surface area contributed by atoms with E-state index in [9.17, 15) is 0 Å². The van der Waals surface area contributed by atoms with Gasteiger partial charge in [-0.3, -0.25) is 5.32 Å². The van der Waals surface area contributed by atoms with Gasteiger partial charge in [-0.1, -0.05) is 127 Å². The summed E-state index contributed by atoms with van der Waals surface area (Å²) in [6.45, 7) is 0. The van der Waals surface area contributed by atoms with E-state index in [0.717, 1.165) is 77.9 Å². The van der Waals surface area contributed by atoms with Crippen molar-refractivity contribution in [1.82, 2.24) is 19.8 Å². The third kappa shape index (κ3) is 4.91. The van der Waals surface area contributed by atoms with Crippen molar-refractivity contribution in [3.63, 3.8) is 0 Å². The number of fused-ring (bicyclic) bond motifs is 11. The Balaban J connectivity index is 1.10. The highest BCUT2D eigenvalue weighted by molar-refractivity contribution is 6.35. The van der Waals surface area contributed by atoms with Crippen molar-refractivity contribution in [1.29, 1.82) is 0 Å². The van der Waals surface area contributed by atoms with Crippen molar-refractivity contribution in [2.24, 2.45) is 4.99 Å². The molecule has 6 heteroatoms. The first-order valence-corrected chi connectivity index (χ1v) is 19.5. The maximum atomic E-state index is 6.51. The zero-order chi connectivity index (χ0) is 37.5. The van der Waals surface area contributed by atoms with Crippen LogP contribution in [0.2, 0.25) is 0 Å². The van der Waals surface area contributed by atoms with Gasteiger partial charge >= 0.3 is 0 Å². The molecule has 0 fully saturated rings. The smallest absolute Gasteiger partial charge is 0.136 e. The number of hydrogen-bond acceptors (Lipinski definition) is 4. The molecule has 6 nitrogen and oxygen atoms in total. The molecule has 0 radical (unpaired) electrons. The van der Waals surface area contributed by atoms with Gasteiger partial charge in [0.25, 0.3) is 0 Å². The van der Waals surface area contributed by atoms with Crippen molar-refractivity contribution in [2.75, 3.05) is 0 Å². The fraction of sp³-hybridized carbons (Fsp3) is 0.0392. The number of furan rings is 1. The Morgan fingerprint density at radius 2 is 1.04 bits per heavy atom. The van der Waals surface area contributed by atoms with Crippen LogP contribution in [0.5, 0.6) is 0 Å². The maximum Gasteiger partial charge on any atom is 0.136 e. The number of para-hydroxylation sites is 3.